The van der Waals surface area contributed by atoms with Crippen molar-refractivity contribution in [1.82, 2.24) is 10.2 Å². The van der Waals surface area contributed by atoms with Crippen LogP contribution in [-0.2, 0) is 0 Å². The normalized spacial score (nSPS) is 12.5. The van der Waals surface area contributed by atoms with E-state index < -0.39 is 6.10 Å². The lowest BCUT2D eigenvalue weighted by Crippen LogP contribution is -2.00. The molecule has 3 rings (SSSR count). The molecule has 1 unspecified atom stereocenters. The van der Waals surface area contributed by atoms with Crippen LogP contribution in [0.25, 0.3) is 11.3 Å². The van der Waals surface area contributed by atoms with E-state index in [9.17, 15) is 5.11 Å². The van der Waals surface area contributed by atoms with Crippen LogP contribution in [0.4, 0.5) is 0 Å². The maximum Gasteiger partial charge on any atom is 0.109 e. The highest BCUT2D eigenvalue weighted by Gasteiger charge is 2.19. The Morgan fingerprint density at radius 2 is 1.95 bits per heavy atom. The molecule has 2 N–H and O–H groups in total. The fourth-order valence-electron chi connectivity index (χ4n) is 2.18. The van der Waals surface area contributed by atoms with Crippen LogP contribution in [0.1, 0.15) is 22.1 Å². The van der Waals surface area contributed by atoms with E-state index in [0.29, 0.717) is 0 Å². The second-order valence-corrected chi connectivity index (χ2v) is 5.52. The van der Waals surface area contributed by atoms with Crippen molar-refractivity contribution in [2.45, 2.75) is 13.0 Å². The number of aryl methyl sites for hydroxylation is 1. The second kappa shape index (κ2) is 4.99. The van der Waals surface area contributed by atoms with Crippen molar-refractivity contribution in [3.63, 3.8) is 0 Å². The molecule has 3 nitrogen and oxygen atoms in total. The molecule has 1 atom stereocenters. The van der Waals surface area contributed by atoms with Crippen molar-refractivity contribution in [2.24, 2.45) is 0 Å². The van der Waals surface area contributed by atoms with E-state index in [1.54, 1.807) is 17.5 Å². The first kappa shape index (κ1) is 12.1. The topological polar surface area (TPSA) is 48.9 Å². The average Bonchev–Trinajstić information content (AvgIpc) is 3.07. The van der Waals surface area contributed by atoms with Gasteiger partial charge < -0.3 is 5.11 Å². The maximum atomic E-state index is 10.5. The monoisotopic (exact) mass is 270 g/mol. The lowest BCUT2D eigenvalue weighted by molar-refractivity contribution is 0.221. The molecule has 96 valence electrons. The molecule has 3 aromatic rings. The summed E-state index contributed by atoms with van der Waals surface area (Å²) in [6.07, 6.45) is 1.06. The molecule has 0 aliphatic carbocycles. The molecular formula is C15H14N2OS. The van der Waals surface area contributed by atoms with Crippen LogP contribution in [0.15, 0.2) is 48.0 Å². The largest absolute Gasteiger partial charge is 0.383 e. The van der Waals surface area contributed by atoms with Gasteiger partial charge in [-0.3, -0.25) is 5.10 Å². The van der Waals surface area contributed by atoms with Gasteiger partial charge in [0.05, 0.1) is 11.9 Å². The molecule has 19 heavy (non-hydrogen) atoms. The van der Waals surface area contributed by atoms with Crippen molar-refractivity contribution in [3.8, 4) is 11.3 Å². The summed E-state index contributed by atoms with van der Waals surface area (Å²) in [6.45, 7) is 2.02. The molecule has 0 radical (unpaired) electrons. The predicted octanol–water partition coefficient (Wildman–Crippen LogP) is 3.53. The molecule has 0 aliphatic heterocycles. The minimum absolute atomic E-state index is 0.639. The Kier molecular flexibility index (Phi) is 3.19. The minimum atomic E-state index is -0.639. The van der Waals surface area contributed by atoms with Crippen LogP contribution in [-0.4, -0.2) is 15.3 Å². The standard InChI is InChI=1S/C15H14N2OS/c1-10-12(7-8-19-10)15(18)13-9-16-17-14(13)11-5-3-2-4-6-11/h2-9,15,18H,1H3,(H,16,17). The molecule has 1 aromatic carbocycles. The zero-order chi connectivity index (χ0) is 13.2. The number of hydrogen-bond donors (Lipinski definition) is 2. The third kappa shape index (κ3) is 2.20. The highest BCUT2D eigenvalue weighted by molar-refractivity contribution is 7.10. The van der Waals surface area contributed by atoms with E-state index in [1.165, 1.54) is 0 Å². The first-order valence-corrected chi connectivity index (χ1v) is 6.96. The van der Waals surface area contributed by atoms with Crippen LogP contribution in [0.2, 0.25) is 0 Å². The Hall–Kier alpha value is -1.91. The summed E-state index contributed by atoms with van der Waals surface area (Å²) in [6, 6.07) is 11.9. The number of aromatic nitrogens is 2. The number of rotatable bonds is 3. The Morgan fingerprint density at radius 1 is 1.16 bits per heavy atom. The first-order valence-electron chi connectivity index (χ1n) is 6.08. The molecule has 0 aliphatic rings. The second-order valence-electron chi connectivity index (χ2n) is 4.40. The van der Waals surface area contributed by atoms with E-state index >= 15 is 0 Å². The van der Waals surface area contributed by atoms with E-state index in [-0.39, 0.29) is 0 Å². The van der Waals surface area contributed by atoms with Gasteiger partial charge in [0.25, 0.3) is 0 Å². The third-order valence-corrected chi connectivity index (χ3v) is 4.08. The zero-order valence-electron chi connectivity index (χ0n) is 10.5. The summed E-state index contributed by atoms with van der Waals surface area (Å²) in [4.78, 5) is 1.13. The van der Waals surface area contributed by atoms with Crippen LogP contribution in [0.5, 0.6) is 0 Å². The molecule has 0 saturated heterocycles. The van der Waals surface area contributed by atoms with Gasteiger partial charge in [0.2, 0.25) is 0 Å². The molecule has 0 saturated carbocycles. The fourth-order valence-corrected chi connectivity index (χ4v) is 2.92. The smallest absolute Gasteiger partial charge is 0.109 e. The number of nitrogens with one attached hydrogen (secondary N) is 1. The molecule has 2 aromatic heterocycles. The Labute approximate surface area is 115 Å². The van der Waals surface area contributed by atoms with Crippen LogP contribution >= 0.6 is 11.3 Å². The number of hydrogen-bond acceptors (Lipinski definition) is 3. The zero-order valence-corrected chi connectivity index (χ0v) is 11.3. The first-order chi connectivity index (χ1) is 9.27. The molecular weight excluding hydrogens is 256 g/mol. The number of thiophene rings is 1. The number of nitrogens with zero attached hydrogens (tertiary/aromatic N) is 1. The fraction of sp³-hybridized carbons (Fsp3) is 0.133. The van der Waals surface area contributed by atoms with Gasteiger partial charge in [0.15, 0.2) is 0 Å². The highest BCUT2D eigenvalue weighted by atomic mass is 32.1. The van der Waals surface area contributed by atoms with Crippen LogP contribution in [0.3, 0.4) is 0 Å². The van der Waals surface area contributed by atoms with Crippen molar-refractivity contribution >= 4 is 11.3 Å². The lowest BCUT2D eigenvalue weighted by atomic mass is 9.99. The summed E-state index contributed by atoms with van der Waals surface area (Å²) in [5.41, 5.74) is 3.66. The molecule has 4 heteroatoms. The van der Waals surface area contributed by atoms with Gasteiger partial charge >= 0.3 is 0 Å². The molecule has 0 fully saturated rings. The molecule has 2 heterocycles. The average molecular weight is 270 g/mol. The van der Waals surface area contributed by atoms with Crippen LogP contribution < -0.4 is 0 Å². The quantitative estimate of drug-likeness (QED) is 0.765. The van der Waals surface area contributed by atoms with Gasteiger partial charge in [0, 0.05) is 10.4 Å². The van der Waals surface area contributed by atoms with Crippen molar-refractivity contribution in [2.75, 3.05) is 0 Å². The Morgan fingerprint density at radius 3 is 2.63 bits per heavy atom. The predicted molar refractivity (Wildman–Crippen MR) is 77.1 cm³/mol. The van der Waals surface area contributed by atoms with Gasteiger partial charge in [-0.05, 0) is 29.5 Å². The molecule has 0 amide bonds. The summed E-state index contributed by atoms with van der Waals surface area (Å²) < 4.78 is 0. The summed E-state index contributed by atoms with van der Waals surface area (Å²) in [7, 11) is 0. The summed E-state index contributed by atoms with van der Waals surface area (Å²) >= 11 is 1.64. The third-order valence-electron chi connectivity index (χ3n) is 3.22. The SMILES string of the molecule is Cc1sccc1C(O)c1cn[nH]c1-c1ccccc1. The van der Waals surface area contributed by atoms with Gasteiger partial charge in [-0.25, -0.2) is 0 Å². The van der Waals surface area contributed by atoms with E-state index in [1.807, 2.05) is 48.7 Å². The van der Waals surface area contributed by atoms with E-state index in [2.05, 4.69) is 10.2 Å². The maximum absolute atomic E-state index is 10.5. The number of aromatic amines is 1. The Bertz CT molecular complexity index is 672. The summed E-state index contributed by atoms with van der Waals surface area (Å²) in [5.74, 6) is 0. The summed E-state index contributed by atoms with van der Waals surface area (Å²) in [5, 5.41) is 19.6. The van der Waals surface area contributed by atoms with Crippen molar-refractivity contribution in [1.29, 1.82) is 0 Å². The van der Waals surface area contributed by atoms with Gasteiger partial charge in [0.1, 0.15) is 6.10 Å². The van der Waals surface area contributed by atoms with Gasteiger partial charge in [-0.1, -0.05) is 30.3 Å². The highest BCUT2D eigenvalue weighted by Crippen LogP contribution is 2.32. The minimum Gasteiger partial charge on any atom is -0.383 e. The van der Waals surface area contributed by atoms with Gasteiger partial charge in [-0.15, -0.1) is 11.3 Å². The van der Waals surface area contributed by atoms with Gasteiger partial charge in [-0.2, -0.15) is 5.10 Å². The van der Waals surface area contributed by atoms with Crippen molar-refractivity contribution in [3.05, 3.63) is 64.0 Å². The number of H-pyrrole nitrogens is 1. The van der Waals surface area contributed by atoms with Crippen molar-refractivity contribution < 1.29 is 5.11 Å². The lowest BCUT2D eigenvalue weighted by Gasteiger charge is -2.11. The number of aliphatic hydroxyl groups excluding tert-OH is 1. The van der Waals surface area contributed by atoms with E-state index in [4.69, 9.17) is 0 Å². The van der Waals surface area contributed by atoms with Crippen LogP contribution in [0, 0.1) is 6.92 Å². The molecule has 0 bridgehead atoms. The van der Waals surface area contributed by atoms with E-state index in [0.717, 1.165) is 27.3 Å². The Balaban J connectivity index is 2.04. The number of aliphatic hydroxyl groups is 1. The number of benzene rings is 1. The molecule has 0 spiro atoms.